The molecular weight excluding hydrogens is 298 g/mol. The van der Waals surface area contributed by atoms with Crippen LogP contribution in [0.2, 0.25) is 5.15 Å². The first kappa shape index (κ1) is 13.3. The van der Waals surface area contributed by atoms with Gasteiger partial charge in [-0.2, -0.15) is 19.6 Å². The van der Waals surface area contributed by atoms with Crippen LogP contribution in [0.5, 0.6) is 11.6 Å². The highest BCUT2D eigenvalue weighted by molar-refractivity contribution is 6.30. The first-order chi connectivity index (χ1) is 10.1. The van der Waals surface area contributed by atoms with Crippen molar-refractivity contribution in [2.24, 2.45) is 0 Å². The topological polar surface area (TPSA) is 95.5 Å². The molecule has 0 spiro atoms. The molecule has 0 unspecified atom stereocenters. The molecule has 0 radical (unpaired) electrons. The number of benzene rings is 1. The number of non-ortho nitro benzene ring substituents is 1. The Morgan fingerprint density at radius 1 is 1.33 bits per heavy atom. The van der Waals surface area contributed by atoms with Crippen LogP contribution < -0.4 is 4.74 Å². The Labute approximate surface area is 123 Å². The second kappa shape index (κ2) is 4.98. The fourth-order valence-corrected chi connectivity index (χ4v) is 1.90. The van der Waals surface area contributed by atoms with E-state index in [2.05, 4.69) is 15.1 Å². The predicted octanol–water partition coefficient (Wildman–Crippen LogP) is 2.79. The predicted molar refractivity (Wildman–Crippen MR) is 73.7 cm³/mol. The van der Waals surface area contributed by atoms with Crippen molar-refractivity contribution in [3.8, 4) is 11.6 Å². The van der Waals surface area contributed by atoms with Crippen molar-refractivity contribution < 1.29 is 9.66 Å². The van der Waals surface area contributed by atoms with Gasteiger partial charge in [0.2, 0.25) is 5.88 Å². The van der Waals surface area contributed by atoms with Crippen molar-refractivity contribution in [2.75, 3.05) is 0 Å². The van der Waals surface area contributed by atoms with Gasteiger partial charge in [0.1, 0.15) is 17.2 Å². The maximum atomic E-state index is 10.6. The molecule has 3 rings (SSSR count). The van der Waals surface area contributed by atoms with Gasteiger partial charge in [0.05, 0.1) is 4.92 Å². The summed E-state index contributed by atoms with van der Waals surface area (Å²) in [4.78, 5) is 18.2. The molecule has 9 heteroatoms. The summed E-state index contributed by atoms with van der Waals surface area (Å²) >= 11 is 6.02. The number of ether oxygens (including phenoxy) is 1. The Morgan fingerprint density at radius 2 is 2.05 bits per heavy atom. The number of nitrogens with zero attached hydrogens (tertiary/aromatic N) is 5. The number of fused-ring (bicyclic) bond motifs is 1. The zero-order chi connectivity index (χ0) is 15.0. The fourth-order valence-electron chi connectivity index (χ4n) is 1.74. The maximum absolute atomic E-state index is 10.6. The van der Waals surface area contributed by atoms with E-state index in [0.717, 1.165) is 0 Å². The molecule has 0 aliphatic carbocycles. The van der Waals surface area contributed by atoms with Gasteiger partial charge in [0, 0.05) is 17.7 Å². The second-order valence-electron chi connectivity index (χ2n) is 4.16. The lowest BCUT2D eigenvalue weighted by Crippen LogP contribution is -2.01. The molecule has 0 aliphatic rings. The van der Waals surface area contributed by atoms with Gasteiger partial charge in [-0.3, -0.25) is 10.1 Å². The van der Waals surface area contributed by atoms with E-state index in [-0.39, 0.29) is 10.8 Å². The molecule has 0 N–H and O–H groups in total. The molecule has 0 atom stereocenters. The quantitative estimate of drug-likeness (QED) is 0.419. The standard InChI is InChI=1S/C12H8ClN5O3/c1-7-10(13)16-12-14-6-15-17(12)11(7)21-9-4-2-8(3-5-9)18(19)20/h2-6H,1H3. The minimum absolute atomic E-state index is 0.0160. The van der Waals surface area contributed by atoms with Crippen LogP contribution in [0.25, 0.3) is 5.78 Å². The van der Waals surface area contributed by atoms with Crippen molar-refractivity contribution >= 4 is 23.1 Å². The van der Waals surface area contributed by atoms with E-state index in [1.165, 1.54) is 35.1 Å². The number of nitro benzene ring substituents is 1. The molecule has 0 bridgehead atoms. The SMILES string of the molecule is Cc1c(Cl)nc2ncnn2c1Oc1ccc([N+](=O)[O-])cc1. The minimum atomic E-state index is -0.478. The highest BCUT2D eigenvalue weighted by Crippen LogP contribution is 2.29. The van der Waals surface area contributed by atoms with E-state index in [1.54, 1.807) is 6.92 Å². The van der Waals surface area contributed by atoms with Crippen LogP contribution in [0, 0.1) is 17.0 Å². The molecule has 0 amide bonds. The molecule has 2 aromatic heterocycles. The summed E-state index contributed by atoms with van der Waals surface area (Å²) in [6.07, 6.45) is 1.33. The van der Waals surface area contributed by atoms with Gasteiger partial charge in [-0.05, 0) is 19.1 Å². The smallest absolute Gasteiger partial charge is 0.269 e. The van der Waals surface area contributed by atoms with Crippen LogP contribution in [0.4, 0.5) is 5.69 Å². The summed E-state index contributed by atoms with van der Waals surface area (Å²) in [5.41, 5.74) is 0.575. The summed E-state index contributed by atoms with van der Waals surface area (Å²) in [5.74, 6) is 1.08. The van der Waals surface area contributed by atoms with E-state index in [9.17, 15) is 10.1 Å². The minimum Gasteiger partial charge on any atom is -0.438 e. The summed E-state index contributed by atoms with van der Waals surface area (Å²) in [5, 5.41) is 14.9. The van der Waals surface area contributed by atoms with Crippen LogP contribution in [0.15, 0.2) is 30.6 Å². The molecule has 21 heavy (non-hydrogen) atoms. The molecule has 1 aromatic carbocycles. The summed E-state index contributed by atoms with van der Waals surface area (Å²) in [7, 11) is 0. The zero-order valence-electron chi connectivity index (χ0n) is 10.7. The molecule has 3 aromatic rings. The van der Waals surface area contributed by atoms with E-state index in [4.69, 9.17) is 16.3 Å². The molecular formula is C12H8ClN5O3. The number of rotatable bonds is 3. The number of nitro groups is 1. The highest BCUT2D eigenvalue weighted by Gasteiger charge is 2.15. The number of hydrogen-bond acceptors (Lipinski definition) is 6. The third kappa shape index (κ3) is 2.36. The third-order valence-electron chi connectivity index (χ3n) is 2.81. The van der Waals surface area contributed by atoms with Crippen molar-refractivity contribution in [1.82, 2.24) is 19.6 Å². The average Bonchev–Trinajstić information content (AvgIpc) is 2.92. The molecule has 2 heterocycles. The van der Waals surface area contributed by atoms with Crippen LogP contribution >= 0.6 is 11.6 Å². The Morgan fingerprint density at radius 3 is 2.71 bits per heavy atom. The van der Waals surface area contributed by atoms with Crippen molar-refractivity contribution in [2.45, 2.75) is 6.92 Å². The van der Waals surface area contributed by atoms with Crippen molar-refractivity contribution in [3.63, 3.8) is 0 Å². The zero-order valence-corrected chi connectivity index (χ0v) is 11.5. The largest absolute Gasteiger partial charge is 0.438 e. The Kier molecular flexibility index (Phi) is 3.15. The third-order valence-corrected chi connectivity index (χ3v) is 3.18. The van der Waals surface area contributed by atoms with Gasteiger partial charge in [-0.15, -0.1) is 0 Å². The molecule has 8 nitrogen and oxygen atoms in total. The normalized spacial score (nSPS) is 10.8. The summed E-state index contributed by atoms with van der Waals surface area (Å²) in [6.45, 7) is 1.73. The van der Waals surface area contributed by atoms with E-state index in [1.807, 2.05) is 0 Å². The lowest BCUT2D eigenvalue weighted by Gasteiger charge is -2.10. The lowest BCUT2D eigenvalue weighted by atomic mass is 10.3. The van der Waals surface area contributed by atoms with Crippen LogP contribution in [-0.4, -0.2) is 24.5 Å². The summed E-state index contributed by atoms with van der Waals surface area (Å²) in [6, 6.07) is 5.70. The number of halogens is 1. The van der Waals surface area contributed by atoms with Crippen molar-refractivity contribution in [1.29, 1.82) is 0 Å². The van der Waals surface area contributed by atoms with E-state index >= 15 is 0 Å². The van der Waals surface area contributed by atoms with Gasteiger partial charge in [-0.1, -0.05) is 11.6 Å². The van der Waals surface area contributed by atoms with Crippen molar-refractivity contribution in [3.05, 3.63) is 51.4 Å². The van der Waals surface area contributed by atoms with Gasteiger partial charge < -0.3 is 4.74 Å². The Balaban J connectivity index is 2.03. The first-order valence-corrected chi connectivity index (χ1v) is 6.22. The number of hydrogen-bond donors (Lipinski definition) is 0. The van der Waals surface area contributed by atoms with Gasteiger partial charge in [-0.25, -0.2) is 0 Å². The lowest BCUT2D eigenvalue weighted by molar-refractivity contribution is -0.384. The average molecular weight is 306 g/mol. The first-order valence-electron chi connectivity index (χ1n) is 5.84. The molecule has 0 aliphatic heterocycles. The molecule has 0 fully saturated rings. The van der Waals surface area contributed by atoms with Crippen LogP contribution in [0.1, 0.15) is 5.56 Å². The van der Waals surface area contributed by atoms with Crippen LogP contribution in [0.3, 0.4) is 0 Å². The molecule has 106 valence electrons. The Bertz CT molecular complexity index is 831. The second-order valence-corrected chi connectivity index (χ2v) is 4.52. The maximum Gasteiger partial charge on any atom is 0.269 e. The van der Waals surface area contributed by atoms with E-state index in [0.29, 0.717) is 23.0 Å². The molecule has 0 saturated carbocycles. The molecule has 0 saturated heterocycles. The fraction of sp³-hybridized carbons (Fsp3) is 0.0833. The monoisotopic (exact) mass is 305 g/mol. The number of aromatic nitrogens is 4. The van der Waals surface area contributed by atoms with Gasteiger partial charge in [0.25, 0.3) is 11.5 Å². The van der Waals surface area contributed by atoms with Gasteiger partial charge >= 0.3 is 0 Å². The van der Waals surface area contributed by atoms with E-state index < -0.39 is 4.92 Å². The van der Waals surface area contributed by atoms with Crippen LogP contribution in [-0.2, 0) is 0 Å². The summed E-state index contributed by atoms with van der Waals surface area (Å²) < 4.78 is 7.12. The Hall–Kier alpha value is -2.74. The van der Waals surface area contributed by atoms with Gasteiger partial charge in [0.15, 0.2) is 0 Å². The highest BCUT2D eigenvalue weighted by atomic mass is 35.5.